The number of benzene rings is 3. The van der Waals surface area contributed by atoms with Crippen LogP contribution in [-0.4, -0.2) is 44.7 Å². The van der Waals surface area contributed by atoms with Crippen LogP contribution in [0.3, 0.4) is 0 Å². The van der Waals surface area contributed by atoms with Gasteiger partial charge in [-0.1, -0.05) is 35.3 Å². The van der Waals surface area contributed by atoms with E-state index < -0.39 is 23.5 Å². The van der Waals surface area contributed by atoms with Gasteiger partial charge in [-0.25, -0.2) is 0 Å². The van der Waals surface area contributed by atoms with Gasteiger partial charge in [-0.2, -0.15) is 0 Å². The number of nitrogens with zero attached hydrogens (tertiary/aromatic N) is 1. The lowest BCUT2D eigenvalue weighted by Gasteiger charge is -2.26. The first-order valence-electron chi connectivity index (χ1n) is 11.5. The second-order valence-corrected chi connectivity index (χ2v) is 9.03. The molecule has 1 N–H and O–H groups in total. The van der Waals surface area contributed by atoms with Crippen molar-refractivity contribution in [1.29, 1.82) is 0 Å². The maximum atomic E-state index is 13.5. The number of anilines is 1. The monoisotopic (exact) mass is 557 g/mol. The van der Waals surface area contributed by atoms with Gasteiger partial charge in [0.1, 0.15) is 17.3 Å². The number of halogens is 2. The van der Waals surface area contributed by atoms with Gasteiger partial charge in [0.05, 0.1) is 50.1 Å². The molecule has 0 bridgehead atoms. The van der Waals surface area contributed by atoms with Crippen molar-refractivity contribution in [1.82, 2.24) is 0 Å². The summed E-state index contributed by atoms with van der Waals surface area (Å²) < 4.78 is 21.8. The number of aliphatic hydroxyl groups excluding tert-OH is 1. The fourth-order valence-corrected chi connectivity index (χ4v) is 4.99. The van der Waals surface area contributed by atoms with Crippen molar-refractivity contribution in [3.8, 4) is 23.0 Å². The van der Waals surface area contributed by atoms with E-state index in [1.54, 1.807) is 42.5 Å². The highest BCUT2D eigenvalue weighted by Gasteiger charge is 2.47. The predicted octanol–water partition coefficient (Wildman–Crippen LogP) is 6.04. The number of aliphatic hydroxyl groups is 1. The minimum Gasteiger partial charge on any atom is -0.507 e. The van der Waals surface area contributed by atoms with E-state index in [0.717, 1.165) is 0 Å². The lowest BCUT2D eigenvalue weighted by atomic mass is 9.94. The smallest absolute Gasteiger partial charge is 0.300 e. The number of methoxy groups -OCH3 is 3. The maximum Gasteiger partial charge on any atom is 0.300 e. The van der Waals surface area contributed by atoms with Crippen molar-refractivity contribution < 1.29 is 33.6 Å². The average molecular weight is 558 g/mol. The SMILES string of the molecule is CCOc1cccc(N2C(=O)C(=O)/C(=C(/O)c3cc(Cl)cc(Cl)c3OC)C2c2ccc(OC)c(OC)c2)c1. The number of carbonyl (C=O) groups excluding carboxylic acids is 2. The van der Waals surface area contributed by atoms with E-state index in [0.29, 0.717) is 35.1 Å². The third kappa shape index (κ3) is 4.85. The number of carbonyl (C=O) groups is 2. The summed E-state index contributed by atoms with van der Waals surface area (Å²) >= 11 is 12.5. The normalized spacial score (nSPS) is 16.5. The molecule has 0 aliphatic carbocycles. The van der Waals surface area contributed by atoms with Crippen LogP contribution in [0.4, 0.5) is 5.69 Å². The lowest BCUT2D eigenvalue weighted by molar-refractivity contribution is -0.132. The Balaban J connectivity index is 2.02. The Morgan fingerprint density at radius 3 is 2.34 bits per heavy atom. The largest absolute Gasteiger partial charge is 0.507 e. The van der Waals surface area contributed by atoms with Gasteiger partial charge in [-0.3, -0.25) is 14.5 Å². The average Bonchev–Trinajstić information content (AvgIpc) is 3.17. The molecule has 1 aliphatic heterocycles. The zero-order valence-corrected chi connectivity index (χ0v) is 22.6. The van der Waals surface area contributed by atoms with Crippen molar-refractivity contribution in [2.24, 2.45) is 0 Å². The quantitative estimate of drug-likeness (QED) is 0.205. The van der Waals surface area contributed by atoms with Gasteiger partial charge in [0.15, 0.2) is 11.5 Å². The van der Waals surface area contributed by atoms with Gasteiger partial charge < -0.3 is 24.1 Å². The summed E-state index contributed by atoms with van der Waals surface area (Å²) in [6.45, 7) is 2.25. The second-order valence-electron chi connectivity index (χ2n) is 8.18. The third-order valence-corrected chi connectivity index (χ3v) is 6.54. The highest BCUT2D eigenvalue weighted by molar-refractivity contribution is 6.52. The molecule has 1 unspecified atom stereocenters. The molecule has 0 spiro atoms. The van der Waals surface area contributed by atoms with Crippen LogP contribution in [0.2, 0.25) is 10.0 Å². The Morgan fingerprint density at radius 2 is 1.68 bits per heavy atom. The number of hydrogen-bond donors (Lipinski definition) is 1. The summed E-state index contributed by atoms with van der Waals surface area (Å²) in [5.41, 5.74) is 0.766. The van der Waals surface area contributed by atoms with Crippen molar-refractivity contribution in [3.05, 3.63) is 81.3 Å². The Morgan fingerprint density at radius 1 is 0.947 bits per heavy atom. The highest BCUT2D eigenvalue weighted by Crippen LogP contribution is 2.46. The molecular formula is C28H25Cl2NO7. The molecule has 1 fully saturated rings. The fourth-order valence-electron chi connectivity index (χ4n) is 4.42. The van der Waals surface area contributed by atoms with Crippen molar-refractivity contribution >= 4 is 46.3 Å². The number of Topliss-reactive ketones (excluding diaryl/α,β-unsaturated/α-hetero) is 1. The summed E-state index contributed by atoms with van der Waals surface area (Å²) in [6, 6.07) is 13.6. The van der Waals surface area contributed by atoms with Crippen LogP contribution in [0.15, 0.2) is 60.2 Å². The Hall–Kier alpha value is -3.88. The molecular weight excluding hydrogens is 533 g/mol. The molecule has 3 aromatic carbocycles. The minimum absolute atomic E-state index is 0.0662. The van der Waals surface area contributed by atoms with Crippen LogP contribution in [0.5, 0.6) is 23.0 Å². The van der Waals surface area contributed by atoms with E-state index in [1.165, 1.54) is 38.4 Å². The fraction of sp³-hybridized carbons (Fsp3) is 0.214. The summed E-state index contributed by atoms with van der Waals surface area (Å²) in [7, 11) is 4.34. The molecule has 1 heterocycles. The molecule has 1 saturated heterocycles. The summed E-state index contributed by atoms with van der Waals surface area (Å²) in [4.78, 5) is 28.4. The van der Waals surface area contributed by atoms with Crippen molar-refractivity contribution in [2.75, 3.05) is 32.8 Å². The molecule has 1 amide bonds. The van der Waals surface area contributed by atoms with E-state index in [4.69, 9.17) is 42.1 Å². The first kappa shape index (κ1) is 27.2. The Labute approximate surface area is 229 Å². The minimum atomic E-state index is -1.05. The van der Waals surface area contributed by atoms with Crippen LogP contribution in [0.25, 0.3) is 5.76 Å². The molecule has 38 heavy (non-hydrogen) atoms. The van der Waals surface area contributed by atoms with Gasteiger partial charge in [-0.15, -0.1) is 0 Å². The first-order chi connectivity index (χ1) is 18.2. The van der Waals surface area contributed by atoms with Crippen LogP contribution in [-0.2, 0) is 9.59 Å². The van der Waals surface area contributed by atoms with Crippen molar-refractivity contribution in [3.63, 3.8) is 0 Å². The summed E-state index contributed by atoms with van der Waals surface area (Å²) in [6.07, 6.45) is 0. The predicted molar refractivity (Wildman–Crippen MR) is 145 cm³/mol. The van der Waals surface area contributed by atoms with E-state index in [9.17, 15) is 14.7 Å². The number of ether oxygens (including phenoxy) is 4. The molecule has 1 atom stereocenters. The van der Waals surface area contributed by atoms with E-state index in [-0.39, 0.29) is 26.9 Å². The van der Waals surface area contributed by atoms with Gasteiger partial charge in [0, 0.05) is 16.8 Å². The standard InChI is InChI=1S/C28H25Cl2NO7/c1-5-38-18-8-6-7-17(14-18)31-24(15-9-10-21(35-2)22(11-15)36-3)23(26(33)28(31)34)25(32)19-12-16(29)13-20(30)27(19)37-4/h6-14,24,32H,5H2,1-4H3/b25-23+. The van der Waals surface area contributed by atoms with Crippen molar-refractivity contribution in [2.45, 2.75) is 13.0 Å². The highest BCUT2D eigenvalue weighted by atomic mass is 35.5. The van der Waals surface area contributed by atoms with Gasteiger partial charge in [-0.05, 0) is 48.9 Å². The Kier molecular flexibility index (Phi) is 8.04. The molecule has 0 aromatic heterocycles. The number of hydrogen-bond acceptors (Lipinski definition) is 7. The van der Waals surface area contributed by atoms with E-state index in [2.05, 4.69) is 0 Å². The molecule has 3 aromatic rings. The summed E-state index contributed by atoms with van der Waals surface area (Å²) in [5, 5.41) is 11.9. The second kappa shape index (κ2) is 11.2. The van der Waals surface area contributed by atoms with Crippen LogP contribution >= 0.6 is 23.2 Å². The molecule has 1 aliphatic rings. The zero-order chi connectivity index (χ0) is 27.6. The molecule has 8 nitrogen and oxygen atoms in total. The van der Waals surface area contributed by atoms with Gasteiger partial charge in [0.2, 0.25) is 0 Å². The topological polar surface area (TPSA) is 94.5 Å². The third-order valence-electron chi connectivity index (χ3n) is 6.04. The van der Waals surface area contributed by atoms with Crippen LogP contribution in [0, 0.1) is 0 Å². The molecule has 0 saturated carbocycles. The Bertz CT molecular complexity index is 1440. The van der Waals surface area contributed by atoms with E-state index in [1.807, 2.05) is 6.92 Å². The maximum absolute atomic E-state index is 13.5. The lowest BCUT2D eigenvalue weighted by Crippen LogP contribution is -2.29. The molecule has 10 heteroatoms. The molecule has 4 rings (SSSR count). The van der Waals surface area contributed by atoms with Gasteiger partial charge in [0.25, 0.3) is 11.7 Å². The number of rotatable bonds is 8. The number of ketones is 1. The van der Waals surface area contributed by atoms with Crippen LogP contribution < -0.4 is 23.8 Å². The zero-order valence-electron chi connectivity index (χ0n) is 21.1. The number of amides is 1. The van der Waals surface area contributed by atoms with Gasteiger partial charge >= 0.3 is 0 Å². The van der Waals surface area contributed by atoms with Crippen LogP contribution in [0.1, 0.15) is 24.1 Å². The first-order valence-corrected chi connectivity index (χ1v) is 12.3. The van der Waals surface area contributed by atoms with E-state index >= 15 is 0 Å². The summed E-state index contributed by atoms with van der Waals surface area (Å²) in [5.74, 6) is -0.788. The molecule has 0 radical (unpaired) electrons. The molecule has 198 valence electrons.